The van der Waals surface area contributed by atoms with E-state index in [1.54, 1.807) is 55.1 Å². The predicted octanol–water partition coefficient (Wildman–Crippen LogP) is 1.72. The highest BCUT2D eigenvalue weighted by atomic mass is 32.2. The van der Waals surface area contributed by atoms with Gasteiger partial charge in [-0.05, 0) is 49.6 Å². The number of amides is 3. The Bertz CT molecular complexity index is 798. The molecule has 0 bridgehead atoms. The summed E-state index contributed by atoms with van der Waals surface area (Å²) in [6.07, 6.45) is 3.87. The molecule has 9 heteroatoms. The molecule has 0 aliphatic rings. The molecule has 0 aliphatic heterocycles. The molecule has 0 spiro atoms. The zero-order valence-electron chi connectivity index (χ0n) is 17.1. The van der Waals surface area contributed by atoms with Crippen LogP contribution >= 0.6 is 11.8 Å². The van der Waals surface area contributed by atoms with Gasteiger partial charge in [-0.1, -0.05) is 18.2 Å². The molecule has 2 rings (SSSR count). The van der Waals surface area contributed by atoms with E-state index in [1.165, 1.54) is 6.26 Å². The first-order valence-electron chi connectivity index (χ1n) is 9.56. The second kappa shape index (κ2) is 12.6. The number of rotatable bonds is 12. The first kappa shape index (κ1) is 23.3. The Balaban J connectivity index is 1.83. The SMILES string of the molecule is CSCCC(NC(=O)COc1ccccc1)C(=O)NC(C)C(=O)NCc1ccco1. The van der Waals surface area contributed by atoms with Gasteiger partial charge < -0.3 is 25.1 Å². The molecule has 162 valence electrons. The molecular formula is C21H27N3O5S. The lowest BCUT2D eigenvalue weighted by Crippen LogP contribution is -2.53. The van der Waals surface area contributed by atoms with Crippen molar-refractivity contribution in [2.24, 2.45) is 0 Å². The van der Waals surface area contributed by atoms with E-state index >= 15 is 0 Å². The smallest absolute Gasteiger partial charge is 0.258 e. The van der Waals surface area contributed by atoms with Crippen LogP contribution in [0.25, 0.3) is 0 Å². The first-order valence-corrected chi connectivity index (χ1v) is 11.0. The number of carbonyl (C=O) groups is 3. The summed E-state index contributed by atoms with van der Waals surface area (Å²) in [6, 6.07) is 10.9. The topological polar surface area (TPSA) is 110 Å². The fourth-order valence-corrected chi connectivity index (χ4v) is 3.00. The summed E-state index contributed by atoms with van der Waals surface area (Å²) >= 11 is 1.56. The van der Waals surface area contributed by atoms with Crippen molar-refractivity contribution < 1.29 is 23.5 Å². The summed E-state index contributed by atoms with van der Waals surface area (Å²) in [5.41, 5.74) is 0. The maximum atomic E-state index is 12.6. The van der Waals surface area contributed by atoms with Crippen molar-refractivity contribution >= 4 is 29.5 Å². The van der Waals surface area contributed by atoms with E-state index in [1.807, 2.05) is 12.3 Å². The van der Waals surface area contributed by atoms with E-state index in [-0.39, 0.29) is 19.1 Å². The van der Waals surface area contributed by atoms with Crippen LogP contribution in [-0.2, 0) is 20.9 Å². The van der Waals surface area contributed by atoms with Gasteiger partial charge in [0, 0.05) is 0 Å². The van der Waals surface area contributed by atoms with Crippen LogP contribution < -0.4 is 20.7 Å². The zero-order chi connectivity index (χ0) is 21.8. The fourth-order valence-electron chi connectivity index (χ4n) is 2.53. The maximum absolute atomic E-state index is 12.6. The van der Waals surface area contributed by atoms with Crippen molar-refractivity contribution in [1.29, 1.82) is 0 Å². The summed E-state index contributed by atoms with van der Waals surface area (Å²) in [4.78, 5) is 37.1. The number of para-hydroxylation sites is 1. The first-order chi connectivity index (χ1) is 14.5. The Hall–Kier alpha value is -2.94. The minimum absolute atomic E-state index is 0.202. The predicted molar refractivity (Wildman–Crippen MR) is 115 cm³/mol. The van der Waals surface area contributed by atoms with Gasteiger partial charge in [-0.2, -0.15) is 11.8 Å². The van der Waals surface area contributed by atoms with Gasteiger partial charge in [0.05, 0.1) is 12.8 Å². The van der Waals surface area contributed by atoms with Crippen LogP contribution in [0.4, 0.5) is 0 Å². The normalized spacial score (nSPS) is 12.5. The average molecular weight is 434 g/mol. The zero-order valence-corrected chi connectivity index (χ0v) is 17.9. The van der Waals surface area contributed by atoms with Crippen molar-refractivity contribution in [2.75, 3.05) is 18.6 Å². The lowest BCUT2D eigenvalue weighted by atomic mass is 10.2. The Morgan fingerprint density at radius 3 is 2.50 bits per heavy atom. The van der Waals surface area contributed by atoms with Crippen molar-refractivity contribution in [3.8, 4) is 5.75 Å². The molecule has 0 saturated carbocycles. The number of hydrogen-bond donors (Lipinski definition) is 3. The minimum Gasteiger partial charge on any atom is -0.484 e. The van der Waals surface area contributed by atoms with Gasteiger partial charge in [-0.25, -0.2) is 0 Å². The molecule has 3 N–H and O–H groups in total. The molecule has 3 amide bonds. The van der Waals surface area contributed by atoms with Crippen LogP contribution in [0.2, 0.25) is 0 Å². The lowest BCUT2D eigenvalue weighted by molar-refractivity contribution is -0.132. The number of furan rings is 1. The minimum atomic E-state index is -0.762. The van der Waals surface area contributed by atoms with Crippen molar-refractivity contribution in [3.05, 3.63) is 54.5 Å². The summed E-state index contributed by atoms with van der Waals surface area (Å²) < 4.78 is 10.6. The average Bonchev–Trinajstić information content (AvgIpc) is 3.27. The fraction of sp³-hybridized carbons (Fsp3) is 0.381. The van der Waals surface area contributed by atoms with Gasteiger partial charge in [-0.3, -0.25) is 14.4 Å². The van der Waals surface area contributed by atoms with Crippen LogP contribution in [0.1, 0.15) is 19.1 Å². The van der Waals surface area contributed by atoms with E-state index in [4.69, 9.17) is 9.15 Å². The second-order valence-electron chi connectivity index (χ2n) is 6.53. The molecule has 0 fully saturated rings. The largest absolute Gasteiger partial charge is 0.484 e. The van der Waals surface area contributed by atoms with Crippen LogP contribution in [0.3, 0.4) is 0 Å². The van der Waals surface area contributed by atoms with Gasteiger partial charge in [0.2, 0.25) is 11.8 Å². The second-order valence-corrected chi connectivity index (χ2v) is 7.52. The summed E-state index contributed by atoms with van der Waals surface area (Å²) in [6.45, 7) is 1.61. The molecule has 1 aromatic carbocycles. The molecule has 0 aliphatic carbocycles. The lowest BCUT2D eigenvalue weighted by Gasteiger charge is -2.21. The molecule has 1 aromatic heterocycles. The quantitative estimate of drug-likeness (QED) is 0.470. The third kappa shape index (κ3) is 8.20. The van der Waals surface area contributed by atoms with Crippen LogP contribution in [0, 0.1) is 0 Å². The molecule has 2 aromatic rings. The number of carbonyl (C=O) groups excluding carboxylic acids is 3. The molecular weight excluding hydrogens is 406 g/mol. The Morgan fingerprint density at radius 1 is 1.07 bits per heavy atom. The molecule has 1 heterocycles. The summed E-state index contributed by atoms with van der Waals surface area (Å²) in [7, 11) is 0. The van der Waals surface area contributed by atoms with Crippen molar-refractivity contribution in [3.63, 3.8) is 0 Å². The van der Waals surface area contributed by atoms with Crippen LogP contribution in [-0.4, -0.2) is 48.4 Å². The third-order valence-electron chi connectivity index (χ3n) is 4.14. The van der Waals surface area contributed by atoms with Crippen molar-refractivity contribution in [1.82, 2.24) is 16.0 Å². The third-order valence-corrected chi connectivity index (χ3v) is 4.79. The van der Waals surface area contributed by atoms with E-state index in [0.29, 0.717) is 23.7 Å². The molecule has 2 atom stereocenters. The number of nitrogens with one attached hydrogen (secondary N) is 3. The van der Waals surface area contributed by atoms with Gasteiger partial charge in [0.25, 0.3) is 5.91 Å². The van der Waals surface area contributed by atoms with E-state index in [2.05, 4.69) is 16.0 Å². The Kier molecular flexibility index (Phi) is 9.79. The van der Waals surface area contributed by atoms with Crippen molar-refractivity contribution in [2.45, 2.75) is 32.0 Å². The summed E-state index contributed by atoms with van der Waals surface area (Å²) in [5, 5.41) is 8.03. The number of benzene rings is 1. The van der Waals surface area contributed by atoms with E-state index < -0.39 is 23.9 Å². The summed E-state index contributed by atoms with van der Waals surface area (Å²) in [5.74, 6) is 0.691. The number of thioether (sulfide) groups is 1. The van der Waals surface area contributed by atoms with Gasteiger partial charge in [0.1, 0.15) is 23.6 Å². The van der Waals surface area contributed by atoms with Crippen LogP contribution in [0.15, 0.2) is 53.1 Å². The molecule has 0 radical (unpaired) electrons. The number of hydrogen-bond acceptors (Lipinski definition) is 6. The molecule has 8 nitrogen and oxygen atoms in total. The maximum Gasteiger partial charge on any atom is 0.258 e. The Morgan fingerprint density at radius 2 is 1.83 bits per heavy atom. The van der Waals surface area contributed by atoms with Gasteiger partial charge in [-0.15, -0.1) is 0 Å². The highest BCUT2D eigenvalue weighted by Crippen LogP contribution is 2.08. The van der Waals surface area contributed by atoms with E-state index in [0.717, 1.165) is 0 Å². The standard InChI is InChI=1S/C21H27N3O5S/c1-15(20(26)22-13-17-9-6-11-28-17)23-21(27)18(10-12-30-2)24-19(25)14-29-16-7-4-3-5-8-16/h3-9,11,15,18H,10,12-14H2,1-2H3,(H,22,26)(H,23,27)(H,24,25). The number of ether oxygens (including phenoxy) is 1. The molecule has 0 saturated heterocycles. The Labute approximate surface area is 180 Å². The highest BCUT2D eigenvalue weighted by Gasteiger charge is 2.24. The van der Waals surface area contributed by atoms with Crippen LogP contribution in [0.5, 0.6) is 5.75 Å². The molecule has 2 unspecified atom stereocenters. The van der Waals surface area contributed by atoms with Gasteiger partial charge >= 0.3 is 0 Å². The highest BCUT2D eigenvalue weighted by molar-refractivity contribution is 7.98. The monoisotopic (exact) mass is 433 g/mol. The van der Waals surface area contributed by atoms with Gasteiger partial charge in [0.15, 0.2) is 6.61 Å². The molecule has 30 heavy (non-hydrogen) atoms. The van der Waals surface area contributed by atoms with E-state index in [9.17, 15) is 14.4 Å².